The van der Waals surface area contributed by atoms with Crippen molar-refractivity contribution in [3.05, 3.63) is 40.8 Å². The zero-order valence-electron chi connectivity index (χ0n) is 10.2. The number of likely N-dealkylation sites (N-methyl/N-ethyl adjacent to an activating group) is 1. The fourth-order valence-corrected chi connectivity index (χ4v) is 1.65. The Hall–Kier alpha value is -2.03. The van der Waals surface area contributed by atoms with Gasteiger partial charge in [0.05, 0.1) is 5.02 Å². The maximum Gasteiger partial charge on any atom is 0.322 e. The van der Waals surface area contributed by atoms with E-state index in [9.17, 15) is 9.59 Å². The first-order chi connectivity index (χ1) is 8.86. The van der Waals surface area contributed by atoms with Crippen LogP contribution in [-0.4, -0.2) is 41.5 Å². The lowest BCUT2D eigenvalue weighted by Crippen LogP contribution is -2.43. The molecule has 0 bridgehead atoms. The Balaban J connectivity index is 2.86. The average molecular weight is 280 g/mol. The fourth-order valence-electron chi connectivity index (χ4n) is 1.43. The number of hydrogen-bond acceptors (Lipinski definition) is 3. The number of nitrogens with zero attached hydrogens (tertiary/aromatic N) is 1. The van der Waals surface area contributed by atoms with Gasteiger partial charge in [-0.3, -0.25) is 9.59 Å². The predicted octanol–water partition coefficient (Wildman–Crippen LogP) is 0.762. The zero-order chi connectivity index (χ0) is 14.6. The summed E-state index contributed by atoms with van der Waals surface area (Å²) in [5.41, 5.74) is 6.03. The van der Waals surface area contributed by atoms with Crippen LogP contribution in [-0.2, 0) is 4.79 Å². The smallest absolute Gasteiger partial charge is 0.322 e. The third-order valence-corrected chi connectivity index (χ3v) is 2.80. The van der Waals surface area contributed by atoms with E-state index in [4.69, 9.17) is 28.9 Å². The third kappa shape index (κ3) is 3.71. The molecule has 1 atom stereocenters. The van der Waals surface area contributed by atoms with E-state index in [0.29, 0.717) is 11.1 Å². The number of benzene rings is 1. The first-order valence-electron chi connectivity index (χ1n) is 5.33. The van der Waals surface area contributed by atoms with E-state index < -0.39 is 17.9 Å². The van der Waals surface area contributed by atoms with Crippen LogP contribution < -0.4 is 5.73 Å². The largest absolute Gasteiger partial charge is 0.480 e. The Morgan fingerprint density at radius 2 is 2.21 bits per heavy atom. The Labute approximate surface area is 116 Å². The Bertz CT molecular complexity index is 551. The molecule has 1 rings (SSSR count). The molecule has 0 spiro atoms. The summed E-state index contributed by atoms with van der Waals surface area (Å²) in [6.07, 6.45) is 6.97. The highest BCUT2D eigenvalue weighted by molar-refractivity contribution is 6.32. The zero-order valence-corrected chi connectivity index (χ0v) is 10.9. The van der Waals surface area contributed by atoms with Gasteiger partial charge < -0.3 is 15.7 Å². The number of hydrogen-bond donors (Lipinski definition) is 2. The lowest BCUT2D eigenvalue weighted by Gasteiger charge is -2.19. The molecule has 1 aromatic rings. The molecule has 0 saturated heterocycles. The minimum atomic E-state index is -1.17. The lowest BCUT2D eigenvalue weighted by molar-refractivity contribution is -0.138. The second-order valence-electron chi connectivity index (χ2n) is 3.95. The summed E-state index contributed by atoms with van der Waals surface area (Å²) < 4.78 is 0. The van der Waals surface area contributed by atoms with Gasteiger partial charge in [0.2, 0.25) is 0 Å². The van der Waals surface area contributed by atoms with Crippen LogP contribution >= 0.6 is 11.6 Å². The highest BCUT2D eigenvalue weighted by Crippen LogP contribution is 2.17. The first-order valence-corrected chi connectivity index (χ1v) is 5.70. The number of nitrogens with two attached hydrogens (primary N) is 1. The number of carboxylic acid groups (broad SMARTS) is 1. The van der Waals surface area contributed by atoms with Crippen LogP contribution in [0.2, 0.25) is 5.02 Å². The van der Waals surface area contributed by atoms with Crippen molar-refractivity contribution in [1.29, 1.82) is 0 Å². The molecular formula is C13H12ClN2O3. The van der Waals surface area contributed by atoms with Crippen LogP contribution in [0.25, 0.3) is 0 Å². The number of rotatable bonds is 4. The van der Waals surface area contributed by atoms with Gasteiger partial charge >= 0.3 is 5.97 Å². The second-order valence-corrected chi connectivity index (χ2v) is 4.36. The Morgan fingerprint density at radius 1 is 1.58 bits per heavy atom. The SMILES string of the molecule is [C]#Cc1ccc(C(=O)N(C)CC(N)C(=O)O)cc1Cl. The number of carbonyl (C=O) groups is 2. The summed E-state index contributed by atoms with van der Waals surface area (Å²) in [7, 11) is 1.45. The van der Waals surface area contributed by atoms with Crippen molar-refractivity contribution >= 4 is 23.5 Å². The average Bonchev–Trinajstić information content (AvgIpc) is 2.37. The van der Waals surface area contributed by atoms with Gasteiger partial charge in [-0.05, 0) is 24.6 Å². The topological polar surface area (TPSA) is 83.6 Å². The molecule has 0 aliphatic rings. The summed E-state index contributed by atoms with van der Waals surface area (Å²) in [6, 6.07) is 3.25. The summed E-state index contributed by atoms with van der Waals surface area (Å²) >= 11 is 5.86. The van der Waals surface area contributed by atoms with Gasteiger partial charge in [0, 0.05) is 24.7 Å². The molecule has 1 unspecified atom stereocenters. The van der Waals surface area contributed by atoms with Crippen molar-refractivity contribution in [3.63, 3.8) is 0 Å². The number of halogens is 1. The molecule has 19 heavy (non-hydrogen) atoms. The van der Waals surface area contributed by atoms with Crippen LogP contribution in [0.15, 0.2) is 18.2 Å². The van der Waals surface area contributed by atoms with Crippen LogP contribution in [0.1, 0.15) is 15.9 Å². The molecule has 6 heteroatoms. The lowest BCUT2D eigenvalue weighted by atomic mass is 10.1. The van der Waals surface area contributed by atoms with Crippen LogP contribution in [0.5, 0.6) is 0 Å². The van der Waals surface area contributed by atoms with Crippen LogP contribution in [0.3, 0.4) is 0 Å². The van der Waals surface area contributed by atoms with E-state index in [1.807, 2.05) is 0 Å². The summed E-state index contributed by atoms with van der Waals surface area (Å²) in [5, 5.41) is 8.92. The molecule has 0 aromatic heterocycles. The van der Waals surface area contributed by atoms with Gasteiger partial charge in [-0.2, -0.15) is 0 Å². The Kier molecular flexibility index (Phi) is 4.93. The van der Waals surface area contributed by atoms with Gasteiger partial charge in [-0.15, -0.1) is 0 Å². The molecule has 0 aliphatic heterocycles. The third-order valence-electron chi connectivity index (χ3n) is 2.49. The number of amides is 1. The molecule has 99 valence electrons. The number of aliphatic carboxylic acids is 1. The minimum absolute atomic E-state index is 0.107. The van der Waals surface area contributed by atoms with Crippen molar-refractivity contribution in [1.82, 2.24) is 4.90 Å². The standard InChI is InChI=1S/C13H12ClN2O3/c1-3-8-4-5-9(6-10(8)14)12(17)16(2)7-11(15)13(18)19/h4-6,11H,7,15H2,2H3,(H,18,19). The maximum atomic E-state index is 12.0. The van der Waals surface area contributed by atoms with Crippen LogP contribution in [0.4, 0.5) is 0 Å². The molecule has 0 aliphatic carbocycles. The fraction of sp³-hybridized carbons (Fsp3) is 0.231. The van der Waals surface area contributed by atoms with Crippen molar-refractivity contribution in [2.75, 3.05) is 13.6 Å². The summed E-state index contributed by atoms with van der Waals surface area (Å²) in [5.74, 6) is 0.565. The molecule has 1 amide bonds. The maximum absolute atomic E-state index is 12.0. The second kappa shape index (κ2) is 6.23. The molecule has 0 fully saturated rings. The molecule has 0 heterocycles. The minimum Gasteiger partial charge on any atom is -0.480 e. The summed E-state index contributed by atoms with van der Waals surface area (Å²) in [4.78, 5) is 23.8. The highest BCUT2D eigenvalue weighted by Gasteiger charge is 2.19. The van der Waals surface area contributed by atoms with Gasteiger partial charge in [0.25, 0.3) is 5.91 Å². The van der Waals surface area contributed by atoms with E-state index in [-0.39, 0.29) is 11.6 Å². The van der Waals surface area contributed by atoms with Crippen molar-refractivity contribution < 1.29 is 14.7 Å². The van der Waals surface area contributed by atoms with Gasteiger partial charge in [0.15, 0.2) is 0 Å². The molecule has 3 N–H and O–H groups in total. The van der Waals surface area contributed by atoms with E-state index in [1.165, 1.54) is 30.1 Å². The van der Waals surface area contributed by atoms with E-state index in [1.54, 1.807) is 0 Å². The molecule has 1 radical (unpaired) electrons. The van der Waals surface area contributed by atoms with Gasteiger partial charge in [-0.25, -0.2) is 0 Å². The van der Waals surface area contributed by atoms with E-state index in [0.717, 1.165) is 0 Å². The normalized spacial score (nSPS) is 11.5. The number of carboxylic acids is 1. The van der Waals surface area contributed by atoms with Crippen molar-refractivity contribution in [2.24, 2.45) is 5.73 Å². The van der Waals surface area contributed by atoms with Crippen LogP contribution in [0, 0.1) is 12.3 Å². The Morgan fingerprint density at radius 3 is 2.68 bits per heavy atom. The monoisotopic (exact) mass is 279 g/mol. The summed E-state index contributed by atoms with van der Waals surface area (Å²) in [6.45, 7) is -0.107. The van der Waals surface area contributed by atoms with Gasteiger partial charge in [0.1, 0.15) is 6.04 Å². The van der Waals surface area contributed by atoms with Gasteiger partial charge in [-0.1, -0.05) is 17.5 Å². The quantitative estimate of drug-likeness (QED) is 0.797. The predicted molar refractivity (Wildman–Crippen MR) is 70.3 cm³/mol. The van der Waals surface area contributed by atoms with E-state index in [2.05, 4.69) is 5.92 Å². The number of carbonyl (C=O) groups excluding carboxylic acids is 1. The highest BCUT2D eigenvalue weighted by atomic mass is 35.5. The van der Waals surface area contributed by atoms with E-state index >= 15 is 0 Å². The molecule has 5 nitrogen and oxygen atoms in total. The molecule has 0 saturated carbocycles. The first kappa shape index (κ1) is 15.0. The molecular weight excluding hydrogens is 268 g/mol. The van der Waals surface area contributed by atoms with Crippen molar-refractivity contribution in [3.8, 4) is 5.92 Å². The molecule has 1 aromatic carbocycles. The van der Waals surface area contributed by atoms with Crippen molar-refractivity contribution in [2.45, 2.75) is 6.04 Å².